The molecule has 0 radical (unpaired) electrons. The fourth-order valence-corrected chi connectivity index (χ4v) is 2.26. The van der Waals surface area contributed by atoms with Gasteiger partial charge in [0.1, 0.15) is 11.6 Å². The van der Waals surface area contributed by atoms with Crippen molar-refractivity contribution in [2.24, 2.45) is 0 Å². The van der Waals surface area contributed by atoms with Crippen molar-refractivity contribution in [2.45, 2.75) is 26.2 Å². The predicted octanol–water partition coefficient (Wildman–Crippen LogP) is 2.92. The molecule has 0 atom stereocenters. The van der Waals surface area contributed by atoms with Crippen molar-refractivity contribution in [3.05, 3.63) is 23.6 Å². The second-order valence-electron chi connectivity index (χ2n) is 4.39. The second kappa shape index (κ2) is 9.58. The van der Waals surface area contributed by atoms with Gasteiger partial charge in [-0.1, -0.05) is 6.42 Å². The molecule has 0 saturated heterocycles. The molecule has 0 unspecified atom stereocenters. The second-order valence-corrected chi connectivity index (χ2v) is 5.37. The van der Waals surface area contributed by atoms with E-state index in [1.807, 2.05) is 18.7 Å². The molecule has 0 aliphatic rings. The summed E-state index contributed by atoms with van der Waals surface area (Å²) in [6, 6.07) is 1.22. The van der Waals surface area contributed by atoms with Crippen LogP contribution in [-0.4, -0.2) is 36.0 Å². The Hall–Kier alpha value is -1.30. The number of nitrogens with one attached hydrogen (secondary N) is 2. The lowest BCUT2D eigenvalue weighted by Gasteiger charge is -2.10. The topological polar surface area (TPSA) is 54.0 Å². The van der Waals surface area contributed by atoms with Gasteiger partial charge >= 0.3 is 0 Å². The minimum absolute atomic E-state index is 0.260. The molecule has 1 aromatic rings. The van der Waals surface area contributed by atoms with Crippen LogP contribution in [0, 0.1) is 5.82 Å². The van der Waals surface area contributed by atoms with Gasteiger partial charge in [0.2, 0.25) is 0 Å². The van der Waals surface area contributed by atoms with Gasteiger partial charge in [-0.2, -0.15) is 11.8 Å². The molecule has 1 aromatic heterocycles. The normalized spacial score (nSPS) is 10.3. The summed E-state index contributed by atoms with van der Waals surface area (Å²) in [6.07, 6.45) is 6.37. The van der Waals surface area contributed by atoms with Gasteiger partial charge in [0.15, 0.2) is 0 Å². The smallest absolute Gasteiger partial charge is 0.255 e. The highest BCUT2D eigenvalue weighted by Gasteiger charge is 2.13. The highest BCUT2D eigenvalue weighted by Crippen LogP contribution is 2.13. The third-order valence-corrected chi connectivity index (χ3v) is 3.45. The van der Waals surface area contributed by atoms with E-state index >= 15 is 0 Å². The Labute approximate surface area is 123 Å². The number of hydrogen-bond acceptors (Lipinski definition) is 4. The van der Waals surface area contributed by atoms with Gasteiger partial charge < -0.3 is 10.6 Å². The van der Waals surface area contributed by atoms with Gasteiger partial charge in [-0.3, -0.25) is 4.79 Å². The highest BCUT2D eigenvalue weighted by atomic mass is 32.2. The van der Waals surface area contributed by atoms with Crippen molar-refractivity contribution in [1.82, 2.24) is 10.3 Å². The first kappa shape index (κ1) is 16.8. The fourth-order valence-electron chi connectivity index (χ4n) is 1.77. The molecule has 0 aliphatic heterocycles. The van der Waals surface area contributed by atoms with Crippen LogP contribution in [0.5, 0.6) is 0 Å². The lowest BCUT2D eigenvalue weighted by atomic mass is 10.2. The van der Waals surface area contributed by atoms with Crippen LogP contribution in [0.1, 0.15) is 36.5 Å². The zero-order valence-electron chi connectivity index (χ0n) is 12.0. The number of carbonyl (C=O) groups is 1. The maximum absolute atomic E-state index is 13.2. The van der Waals surface area contributed by atoms with Crippen molar-refractivity contribution < 1.29 is 9.18 Å². The summed E-state index contributed by atoms with van der Waals surface area (Å²) in [5, 5.41) is 5.77. The van der Waals surface area contributed by atoms with Crippen molar-refractivity contribution in [3.63, 3.8) is 0 Å². The number of pyridine rings is 1. The Morgan fingerprint density at radius 2 is 2.20 bits per heavy atom. The van der Waals surface area contributed by atoms with Gasteiger partial charge in [0.05, 0.1) is 11.8 Å². The quantitative estimate of drug-likeness (QED) is 0.688. The number of hydrogen-bond donors (Lipinski definition) is 2. The zero-order chi connectivity index (χ0) is 14.8. The summed E-state index contributed by atoms with van der Waals surface area (Å²) < 4.78 is 13.2. The number of carbonyl (C=O) groups excluding carboxylic acids is 1. The van der Waals surface area contributed by atoms with Gasteiger partial charge in [-0.15, -0.1) is 0 Å². The average Bonchev–Trinajstić information content (AvgIpc) is 2.44. The van der Waals surface area contributed by atoms with E-state index in [9.17, 15) is 9.18 Å². The largest absolute Gasteiger partial charge is 0.370 e. The molecule has 0 spiro atoms. The number of anilines is 1. The molecule has 1 heterocycles. The third-order valence-electron chi connectivity index (χ3n) is 2.75. The minimum atomic E-state index is -0.503. The van der Waals surface area contributed by atoms with Crippen LogP contribution in [0.15, 0.2) is 12.3 Å². The molecule has 1 amide bonds. The first-order valence-corrected chi connectivity index (χ1v) is 8.25. The standard InChI is InChI=1S/C14H22FN3OS/c1-3-16-13-12(9-11(15)10-18-13)14(19)17-7-5-4-6-8-20-2/h9-10H,3-8H2,1-2H3,(H,16,18)(H,17,19). The first-order chi connectivity index (χ1) is 9.69. The Morgan fingerprint density at radius 1 is 1.40 bits per heavy atom. The highest BCUT2D eigenvalue weighted by molar-refractivity contribution is 7.98. The molecule has 0 aliphatic carbocycles. The average molecular weight is 299 g/mol. The van der Waals surface area contributed by atoms with E-state index < -0.39 is 5.82 Å². The summed E-state index contributed by atoms with van der Waals surface area (Å²) in [5.74, 6) is 0.787. The number of aromatic nitrogens is 1. The number of halogens is 1. The van der Waals surface area contributed by atoms with E-state index in [1.54, 1.807) is 0 Å². The number of thioether (sulfide) groups is 1. The van der Waals surface area contributed by atoms with E-state index in [0.717, 1.165) is 31.2 Å². The van der Waals surface area contributed by atoms with Crippen LogP contribution in [0.4, 0.5) is 10.2 Å². The molecular formula is C14H22FN3OS. The number of nitrogens with zero attached hydrogens (tertiary/aromatic N) is 1. The fraction of sp³-hybridized carbons (Fsp3) is 0.571. The summed E-state index contributed by atoms with van der Waals surface area (Å²) in [5.41, 5.74) is 0.260. The molecule has 2 N–H and O–H groups in total. The van der Waals surface area contributed by atoms with Crippen molar-refractivity contribution in [1.29, 1.82) is 0 Å². The van der Waals surface area contributed by atoms with Crippen LogP contribution < -0.4 is 10.6 Å². The molecule has 0 fully saturated rings. The van der Waals surface area contributed by atoms with E-state index in [1.165, 1.54) is 6.07 Å². The Morgan fingerprint density at radius 3 is 2.90 bits per heavy atom. The number of amides is 1. The van der Waals surface area contributed by atoms with Gasteiger partial charge in [-0.05, 0) is 37.8 Å². The Kier molecular flexibility index (Phi) is 8.02. The first-order valence-electron chi connectivity index (χ1n) is 6.85. The van der Waals surface area contributed by atoms with E-state index in [0.29, 0.717) is 18.9 Å². The van der Waals surface area contributed by atoms with E-state index in [2.05, 4.69) is 21.9 Å². The van der Waals surface area contributed by atoms with Gasteiger partial charge in [-0.25, -0.2) is 9.37 Å². The van der Waals surface area contributed by atoms with E-state index in [-0.39, 0.29) is 11.5 Å². The molecule has 0 saturated carbocycles. The lowest BCUT2D eigenvalue weighted by molar-refractivity contribution is 0.0953. The predicted molar refractivity (Wildman–Crippen MR) is 82.9 cm³/mol. The van der Waals surface area contributed by atoms with Crippen LogP contribution >= 0.6 is 11.8 Å². The van der Waals surface area contributed by atoms with Gasteiger partial charge in [0, 0.05) is 13.1 Å². The number of unbranched alkanes of at least 4 members (excludes halogenated alkanes) is 2. The third kappa shape index (κ3) is 5.77. The van der Waals surface area contributed by atoms with E-state index in [4.69, 9.17) is 0 Å². The molecule has 1 rings (SSSR count). The SMILES string of the molecule is CCNc1ncc(F)cc1C(=O)NCCCCCSC. The summed E-state index contributed by atoms with van der Waals surface area (Å²) in [4.78, 5) is 15.9. The minimum Gasteiger partial charge on any atom is -0.370 e. The molecule has 112 valence electrons. The molecule has 6 heteroatoms. The summed E-state index contributed by atoms with van der Waals surface area (Å²) in [6.45, 7) is 3.14. The van der Waals surface area contributed by atoms with Crippen molar-refractivity contribution >= 4 is 23.5 Å². The van der Waals surface area contributed by atoms with Crippen LogP contribution in [-0.2, 0) is 0 Å². The monoisotopic (exact) mass is 299 g/mol. The molecular weight excluding hydrogens is 277 g/mol. The molecule has 4 nitrogen and oxygen atoms in total. The molecule has 0 aromatic carbocycles. The van der Waals surface area contributed by atoms with Gasteiger partial charge in [0.25, 0.3) is 5.91 Å². The summed E-state index contributed by atoms with van der Waals surface area (Å²) >= 11 is 1.83. The van der Waals surface area contributed by atoms with Crippen LogP contribution in [0.25, 0.3) is 0 Å². The van der Waals surface area contributed by atoms with Crippen molar-refractivity contribution in [3.8, 4) is 0 Å². The van der Waals surface area contributed by atoms with Crippen molar-refractivity contribution in [2.75, 3.05) is 30.4 Å². The molecule has 0 bridgehead atoms. The molecule has 20 heavy (non-hydrogen) atoms. The Bertz CT molecular complexity index is 429. The maximum Gasteiger partial charge on any atom is 0.255 e. The maximum atomic E-state index is 13.2. The van der Waals surface area contributed by atoms with Crippen LogP contribution in [0.2, 0.25) is 0 Å². The Balaban J connectivity index is 2.47. The summed E-state index contributed by atoms with van der Waals surface area (Å²) in [7, 11) is 0. The zero-order valence-corrected chi connectivity index (χ0v) is 12.9. The lowest BCUT2D eigenvalue weighted by Crippen LogP contribution is -2.26. The number of rotatable bonds is 9. The van der Waals surface area contributed by atoms with Crippen LogP contribution in [0.3, 0.4) is 0 Å².